The molecule has 0 atom stereocenters. The van der Waals surface area contributed by atoms with Crippen LogP contribution >= 0.6 is 0 Å². The van der Waals surface area contributed by atoms with Crippen LogP contribution in [0.25, 0.3) is 10.4 Å². The van der Waals surface area contributed by atoms with Gasteiger partial charge in [0.05, 0.1) is 72.5 Å². The maximum atomic E-state index is 12.5. The Morgan fingerprint density at radius 1 is 0.676 bits per heavy atom. The van der Waals surface area contributed by atoms with Gasteiger partial charge in [-0.3, -0.25) is 4.79 Å². The highest BCUT2D eigenvalue weighted by Gasteiger charge is 2.22. The summed E-state index contributed by atoms with van der Waals surface area (Å²) in [5, 5.41) is 3.38. The third-order valence-corrected chi connectivity index (χ3v) is 4.05. The summed E-state index contributed by atoms with van der Waals surface area (Å²) in [4.78, 5) is 28.3. The summed E-state index contributed by atoms with van der Waals surface area (Å²) in [6, 6.07) is 0. The Morgan fingerprint density at radius 3 is 1.57 bits per heavy atom. The molecule has 1 amide bonds. The third kappa shape index (κ3) is 25.3. The zero-order valence-electron chi connectivity index (χ0n) is 23.4. The van der Waals surface area contributed by atoms with Gasteiger partial charge < -0.3 is 38.1 Å². The minimum Gasteiger partial charge on any atom is -0.460 e. The highest BCUT2D eigenvalue weighted by atomic mass is 16.6. The van der Waals surface area contributed by atoms with Gasteiger partial charge in [-0.25, -0.2) is 4.79 Å². The highest BCUT2D eigenvalue weighted by molar-refractivity contribution is 5.69. The SMILES string of the molecule is CC(C)(C)OC(=O)CCOCCOCCOCCN(CCOCCOCCN=[N+]=[N-])C(=O)OC(C)(C)C. The number of rotatable bonds is 21. The van der Waals surface area contributed by atoms with Crippen molar-refractivity contribution in [2.75, 3.05) is 85.7 Å². The first kappa shape index (κ1) is 34.9. The van der Waals surface area contributed by atoms with E-state index in [1.807, 2.05) is 41.5 Å². The molecule has 216 valence electrons. The first-order valence-corrected chi connectivity index (χ1v) is 12.5. The van der Waals surface area contributed by atoms with Gasteiger partial charge in [0.25, 0.3) is 0 Å². The molecular formula is C24H46N4O9. The van der Waals surface area contributed by atoms with E-state index in [9.17, 15) is 9.59 Å². The Morgan fingerprint density at radius 2 is 1.11 bits per heavy atom. The van der Waals surface area contributed by atoms with Crippen molar-refractivity contribution >= 4 is 12.1 Å². The summed E-state index contributed by atoms with van der Waals surface area (Å²) in [5.74, 6) is -0.290. The molecule has 0 unspecified atom stereocenters. The van der Waals surface area contributed by atoms with E-state index in [1.54, 1.807) is 0 Å². The van der Waals surface area contributed by atoms with Gasteiger partial charge in [-0.2, -0.15) is 0 Å². The van der Waals surface area contributed by atoms with Crippen LogP contribution in [0, 0.1) is 0 Å². The van der Waals surface area contributed by atoms with Crippen LogP contribution in [0.5, 0.6) is 0 Å². The summed E-state index contributed by atoms with van der Waals surface area (Å²) in [6.45, 7) is 15.3. The molecule has 0 bridgehead atoms. The number of hydrogen-bond donors (Lipinski definition) is 0. The lowest BCUT2D eigenvalue weighted by Crippen LogP contribution is -2.40. The fourth-order valence-corrected chi connectivity index (χ4v) is 2.53. The van der Waals surface area contributed by atoms with Gasteiger partial charge in [0.1, 0.15) is 11.2 Å². The summed E-state index contributed by atoms with van der Waals surface area (Å²) in [6.07, 6.45) is -0.239. The normalized spacial score (nSPS) is 11.6. The van der Waals surface area contributed by atoms with E-state index in [4.69, 9.17) is 38.7 Å². The molecule has 13 heteroatoms. The van der Waals surface area contributed by atoms with Crippen molar-refractivity contribution in [3.8, 4) is 0 Å². The molecule has 0 heterocycles. The molecule has 0 fully saturated rings. The molecular weight excluding hydrogens is 488 g/mol. The van der Waals surface area contributed by atoms with E-state index in [2.05, 4.69) is 10.0 Å². The lowest BCUT2D eigenvalue weighted by atomic mass is 10.2. The average molecular weight is 535 g/mol. The van der Waals surface area contributed by atoms with Crippen LogP contribution in [-0.4, -0.2) is 114 Å². The van der Waals surface area contributed by atoms with E-state index < -0.39 is 17.3 Å². The number of carbonyl (C=O) groups excluding carboxylic acids is 2. The molecule has 0 N–H and O–H groups in total. The van der Waals surface area contributed by atoms with Crippen molar-refractivity contribution in [3.63, 3.8) is 0 Å². The summed E-state index contributed by atoms with van der Waals surface area (Å²) < 4.78 is 37.8. The van der Waals surface area contributed by atoms with Crippen LogP contribution in [0.15, 0.2) is 5.11 Å². The van der Waals surface area contributed by atoms with Gasteiger partial charge in [0.2, 0.25) is 0 Å². The maximum absolute atomic E-state index is 12.5. The number of amides is 1. The lowest BCUT2D eigenvalue weighted by molar-refractivity contribution is -0.156. The first-order chi connectivity index (χ1) is 17.4. The zero-order valence-corrected chi connectivity index (χ0v) is 23.4. The summed E-state index contributed by atoms with van der Waals surface area (Å²) >= 11 is 0. The van der Waals surface area contributed by atoms with Crippen LogP contribution in [0.1, 0.15) is 48.0 Å². The Bertz CT molecular complexity index is 660. The number of azide groups is 1. The third-order valence-electron chi connectivity index (χ3n) is 4.05. The zero-order chi connectivity index (χ0) is 28.0. The molecule has 0 saturated heterocycles. The lowest BCUT2D eigenvalue weighted by Gasteiger charge is -2.27. The standard InChI is InChI=1S/C24H46N4O9/c1-23(2,3)36-21(29)7-11-31-15-19-35-20-18-34-14-10-28(22(30)37-24(4,5)6)9-13-33-17-16-32-12-8-26-27-25/h7-20H2,1-6H3. The summed E-state index contributed by atoms with van der Waals surface area (Å²) in [7, 11) is 0. The average Bonchev–Trinajstić information content (AvgIpc) is 2.77. The van der Waals surface area contributed by atoms with Crippen LogP contribution in [0.3, 0.4) is 0 Å². The molecule has 0 radical (unpaired) electrons. The monoisotopic (exact) mass is 534 g/mol. The van der Waals surface area contributed by atoms with Crippen molar-refractivity contribution in [3.05, 3.63) is 10.4 Å². The predicted molar refractivity (Wildman–Crippen MR) is 136 cm³/mol. The molecule has 0 aromatic rings. The van der Waals surface area contributed by atoms with Crippen LogP contribution in [0.2, 0.25) is 0 Å². The van der Waals surface area contributed by atoms with Gasteiger partial charge in [0.15, 0.2) is 0 Å². The van der Waals surface area contributed by atoms with Gasteiger partial charge in [-0.1, -0.05) is 5.11 Å². The first-order valence-electron chi connectivity index (χ1n) is 12.5. The minimum absolute atomic E-state index is 0.201. The predicted octanol–water partition coefficient (Wildman–Crippen LogP) is 3.35. The molecule has 13 nitrogen and oxygen atoms in total. The Kier molecular flexibility index (Phi) is 19.6. The molecule has 0 aliphatic carbocycles. The molecule has 0 rings (SSSR count). The molecule has 0 aromatic heterocycles. The Balaban J connectivity index is 3.97. The number of esters is 1. The van der Waals surface area contributed by atoms with Crippen LogP contribution < -0.4 is 0 Å². The molecule has 0 aromatic carbocycles. The molecule has 0 saturated carbocycles. The van der Waals surface area contributed by atoms with Crippen LogP contribution in [-0.2, 0) is 38.0 Å². The molecule has 37 heavy (non-hydrogen) atoms. The Hall–Kier alpha value is -2.15. The number of carbonyl (C=O) groups is 2. The van der Waals surface area contributed by atoms with Gasteiger partial charge in [0, 0.05) is 24.5 Å². The van der Waals surface area contributed by atoms with Crippen molar-refractivity contribution in [2.24, 2.45) is 5.11 Å². The van der Waals surface area contributed by atoms with Gasteiger partial charge >= 0.3 is 12.1 Å². The molecule has 0 spiro atoms. The molecule has 0 aliphatic heterocycles. The largest absolute Gasteiger partial charge is 0.460 e. The number of hydrogen-bond acceptors (Lipinski definition) is 10. The topological polar surface area (TPSA) is 151 Å². The van der Waals surface area contributed by atoms with E-state index >= 15 is 0 Å². The number of ether oxygens (including phenoxy) is 7. The van der Waals surface area contributed by atoms with Crippen molar-refractivity contribution in [1.29, 1.82) is 0 Å². The van der Waals surface area contributed by atoms with E-state index in [-0.39, 0.29) is 25.5 Å². The van der Waals surface area contributed by atoms with E-state index in [1.165, 1.54) is 4.90 Å². The van der Waals surface area contributed by atoms with Crippen LogP contribution in [0.4, 0.5) is 4.79 Å². The quantitative estimate of drug-likeness (QED) is 0.0710. The summed E-state index contributed by atoms with van der Waals surface area (Å²) in [5.41, 5.74) is 7.09. The second kappa shape index (κ2) is 20.9. The second-order valence-electron chi connectivity index (χ2n) is 9.82. The van der Waals surface area contributed by atoms with Crippen molar-refractivity contribution in [1.82, 2.24) is 4.90 Å². The van der Waals surface area contributed by atoms with Crippen molar-refractivity contribution in [2.45, 2.75) is 59.2 Å². The van der Waals surface area contributed by atoms with E-state index in [0.29, 0.717) is 72.6 Å². The minimum atomic E-state index is -0.611. The highest BCUT2D eigenvalue weighted by Crippen LogP contribution is 2.10. The second-order valence-corrected chi connectivity index (χ2v) is 9.82. The van der Waals surface area contributed by atoms with Gasteiger partial charge in [-0.05, 0) is 47.1 Å². The fourth-order valence-electron chi connectivity index (χ4n) is 2.53. The Labute approximate surface area is 220 Å². The maximum Gasteiger partial charge on any atom is 0.410 e. The molecule has 0 aliphatic rings. The smallest absolute Gasteiger partial charge is 0.410 e. The van der Waals surface area contributed by atoms with Crippen molar-refractivity contribution < 1.29 is 42.7 Å². The van der Waals surface area contributed by atoms with E-state index in [0.717, 1.165) is 0 Å². The van der Waals surface area contributed by atoms with Gasteiger partial charge in [-0.15, -0.1) is 0 Å². The number of nitrogens with zero attached hydrogens (tertiary/aromatic N) is 4. The fraction of sp³-hybridized carbons (Fsp3) is 0.917.